The number of hydrogen-bond acceptors (Lipinski definition) is 5. The van der Waals surface area contributed by atoms with Crippen LogP contribution in [0.25, 0.3) is 11.4 Å². The fourth-order valence-electron chi connectivity index (χ4n) is 1.91. The Kier molecular flexibility index (Phi) is 3.86. The Labute approximate surface area is 126 Å². The lowest BCUT2D eigenvalue weighted by atomic mass is 10.2. The van der Waals surface area contributed by atoms with Gasteiger partial charge in [0.2, 0.25) is 11.7 Å². The highest BCUT2D eigenvalue weighted by Gasteiger charge is 2.08. The first-order chi connectivity index (χ1) is 10.7. The van der Waals surface area contributed by atoms with Gasteiger partial charge in [-0.15, -0.1) is 0 Å². The van der Waals surface area contributed by atoms with Crippen LogP contribution in [0.2, 0.25) is 0 Å². The molecule has 112 valence electrons. The second kappa shape index (κ2) is 6.13. The molecule has 0 spiro atoms. The molecule has 2 amide bonds. The van der Waals surface area contributed by atoms with Gasteiger partial charge in [0, 0.05) is 18.2 Å². The van der Waals surface area contributed by atoms with Crippen molar-refractivity contribution in [3.05, 3.63) is 54.3 Å². The molecule has 2 aromatic heterocycles. The molecule has 0 saturated heterocycles. The molecule has 0 aliphatic heterocycles. The highest BCUT2D eigenvalue weighted by atomic mass is 16.5. The molecule has 0 aliphatic carbocycles. The van der Waals surface area contributed by atoms with Crippen molar-refractivity contribution >= 4 is 11.7 Å². The van der Waals surface area contributed by atoms with Crippen molar-refractivity contribution in [2.45, 2.75) is 13.5 Å². The SMILES string of the molecule is Cc1nc(-c2cccc(NC(=O)NCc3ccco3)c2)no1. The van der Waals surface area contributed by atoms with Crippen molar-refractivity contribution in [1.29, 1.82) is 0 Å². The average molecular weight is 298 g/mol. The van der Waals surface area contributed by atoms with E-state index < -0.39 is 0 Å². The highest BCUT2D eigenvalue weighted by Crippen LogP contribution is 2.19. The van der Waals surface area contributed by atoms with Crippen LogP contribution in [-0.2, 0) is 6.54 Å². The van der Waals surface area contributed by atoms with Crippen LogP contribution >= 0.6 is 0 Å². The predicted molar refractivity (Wildman–Crippen MR) is 79.0 cm³/mol. The zero-order chi connectivity index (χ0) is 15.4. The lowest BCUT2D eigenvalue weighted by Gasteiger charge is -2.07. The zero-order valence-corrected chi connectivity index (χ0v) is 11.9. The molecule has 2 heterocycles. The van der Waals surface area contributed by atoms with E-state index in [2.05, 4.69) is 20.8 Å². The number of aromatic nitrogens is 2. The van der Waals surface area contributed by atoms with Gasteiger partial charge in [-0.3, -0.25) is 0 Å². The van der Waals surface area contributed by atoms with Gasteiger partial charge in [0.05, 0.1) is 12.8 Å². The Bertz CT molecular complexity index is 765. The van der Waals surface area contributed by atoms with Crippen LogP contribution in [0.15, 0.2) is 51.6 Å². The van der Waals surface area contributed by atoms with Crippen LogP contribution in [0, 0.1) is 6.92 Å². The summed E-state index contributed by atoms with van der Waals surface area (Å²) in [5.74, 6) is 1.66. The van der Waals surface area contributed by atoms with Crippen molar-refractivity contribution < 1.29 is 13.7 Å². The van der Waals surface area contributed by atoms with Crippen LogP contribution in [0.1, 0.15) is 11.7 Å². The normalized spacial score (nSPS) is 10.4. The van der Waals surface area contributed by atoms with E-state index in [-0.39, 0.29) is 6.03 Å². The summed E-state index contributed by atoms with van der Waals surface area (Å²) < 4.78 is 10.1. The number of urea groups is 1. The van der Waals surface area contributed by atoms with E-state index in [9.17, 15) is 4.79 Å². The molecule has 3 aromatic rings. The molecule has 0 aliphatic rings. The summed E-state index contributed by atoms with van der Waals surface area (Å²) >= 11 is 0. The topological polar surface area (TPSA) is 93.2 Å². The van der Waals surface area contributed by atoms with Gasteiger partial charge in [0.25, 0.3) is 0 Å². The van der Waals surface area contributed by atoms with Gasteiger partial charge in [0.1, 0.15) is 5.76 Å². The summed E-state index contributed by atoms with van der Waals surface area (Å²) in [6.45, 7) is 2.04. The van der Waals surface area contributed by atoms with Gasteiger partial charge in [-0.2, -0.15) is 4.98 Å². The molecule has 0 unspecified atom stereocenters. The molecule has 7 nitrogen and oxygen atoms in total. The van der Waals surface area contributed by atoms with Crippen LogP contribution < -0.4 is 10.6 Å². The molecule has 0 bridgehead atoms. The standard InChI is InChI=1S/C15H14N4O3/c1-10-17-14(19-22-10)11-4-2-5-12(8-11)18-15(20)16-9-13-6-3-7-21-13/h2-8H,9H2,1H3,(H2,16,18,20). The maximum atomic E-state index is 11.8. The summed E-state index contributed by atoms with van der Waals surface area (Å²) in [4.78, 5) is 16.0. The first kappa shape index (κ1) is 13.9. The second-order valence-electron chi connectivity index (χ2n) is 4.60. The van der Waals surface area contributed by atoms with E-state index in [0.717, 1.165) is 5.56 Å². The van der Waals surface area contributed by atoms with Gasteiger partial charge in [-0.05, 0) is 24.3 Å². The number of rotatable bonds is 4. The van der Waals surface area contributed by atoms with Crippen LogP contribution in [0.4, 0.5) is 10.5 Å². The maximum absolute atomic E-state index is 11.8. The minimum atomic E-state index is -0.321. The Morgan fingerprint density at radius 2 is 2.18 bits per heavy atom. The molecule has 3 rings (SSSR count). The van der Waals surface area contributed by atoms with Gasteiger partial charge < -0.3 is 19.6 Å². The quantitative estimate of drug-likeness (QED) is 0.772. The van der Waals surface area contributed by atoms with E-state index in [1.165, 1.54) is 0 Å². The Morgan fingerprint density at radius 3 is 2.91 bits per heavy atom. The van der Waals surface area contributed by atoms with Crippen molar-refractivity contribution in [3.8, 4) is 11.4 Å². The largest absolute Gasteiger partial charge is 0.467 e. The first-order valence-corrected chi connectivity index (χ1v) is 6.69. The van der Waals surface area contributed by atoms with Crippen LogP contribution in [-0.4, -0.2) is 16.2 Å². The number of hydrogen-bond donors (Lipinski definition) is 2. The number of amides is 2. The highest BCUT2D eigenvalue weighted by molar-refractivity contribution is 5.89. The van der Waals surface area contributed by atoms with Crippen molar-refractivity contribution in [2.24, 2.45) is 0 Å². The molecular weight excluding hydrogens is 284 g/mol. The van der Waals surface area contributed by atoms with E-state index in [4.69, 9.17) is 8.94 Å². The second-order valence-corrected chi connectivity index (χ2v) is 4.60. The third kappa shape index (κ3) is 3.32. The zero-order valence-electron chi connectivity index (χ0n) is 11.9. The van der Waals surface area contributed by atoms with Crippen molar-refractivity contribution in [1.82, 2.24) is 15.5 Å². The van der Waals surface area contributed by atoms with Gasteiger partial charge >= 0.3 is 6.03 Å². The smallest absolute Gasteiger partial charge is 0.319 e. The number of benzene rings is 1. The minimum absolute atomic E-state index is 0.321. The summed E-state index contributed by atoms with van der Waals surface area (Å²) in [5, 5.41) is 9.30. The summed E-state index contributed by atoms with van der Waals surface area (Å²) in [5.41, 5.74) is 1.40. The molecule has 1 aromatic carbocycles. The average Bonchev–Trinajstić information content (AvgIpc) is 3.17. The number of aryl methyl sites for hydroxylation is 1. The predicted octanol–water partition coefficient (Wildman–Crippen LogP) is 2.96. The summed E-state index contributed by atoms with van der Waals surface area (Å²) in [6.07, 6.45) is 1.56. The summed E-state index contributed by atoms with van der Waals surface area (Å²) in [6, 6.07) is 10.4. The molecule has 0 radical (unpaired) electrons. The molecular formula is C15H14N4O3. The number of nitrogens with one attached hydrogen (secondary N) is 2. The minimum Gasteiger partial charge on any atom is -0.467 e. The van der Waals surface area contributed by atoms with E-state index in [1.54, 1.807) is 37.5 Å². The molecule has 0 atom stereocenters. The summed E-state index contributed by atoms with van der Waals surface area (Å²) in [7, 11) is 0. The van der Waals surface area contributed by atoms with Crippen LogP contribution in [0.3, 0.4) is 0 Å². The van der Waals surface area contributed by atoms with Crippen LogP contribution in [0.5, 0.6) is 0 Å². The number of anilines is 1. The van der Waals surface area contributed by atoms with Gasteiger partial charge in [-0.25, -0.2) is 4.79 Å². The molecule has 0 saturated carbocycles. The Balaban J connectivity index is 1.63. The molecule has 2 N–H and O–H groups in total. The van der Waals surface area contributed by atoms with Crippen molar-refractivity contribution in [2.75, 3.05) is 5.32 Å². The number of furan rings is 1. The Hall–Kier alpha value is -3.09. The molecule has 22 heavy (non-hydrogen) atoms. The lowest BCUT2D eigenvalue weighted by molar-refractivity contribution is 0.251. The molecule has 7 heteroatoms. The van der Waals surface area contributed by atoms with E-state index in [1.807, 2.05) is 12.1 Å². The number of carbonyl (C=O) groups is 1. The van der Waals surface area contributed by atoms with E-state index >= 15 is 0 Å². The number of carbonyl (C=O) groups excluding carboxylic acids is 1. The Morgan fingerprint density at radius 1 is 1.27 bits per heavy atom. The van der Waals surface area contributed by atoms with Crippen molar-refractivity contribution in [3.63, 3.8) is 0 Å². The van der Waals surface area contributed by atoms with E-state index in [0.29, 0.717) is 29.7 Å². The first-order valence-electron chi connectivity index (χ1n) is 6.69. The van der Waals surface area contributed by atoms with Gasteiger partial charge in [0.15, 0.2) is 0 Å². The fraction of sp³-hybridized carbons (Fsp3) is 0.133. The number of nitrogens with zero attached hydrogens (tertiary/aromatic N) is 2. The van der Waals surface area contributed by atoms with Gasteiger partial charge in [-0.1, -0.05) is 17.3 Å². The monoisotopic (exact) mass is 298 g/mol. The fourth-order valence-corrected chi connectivity index (χ4v) is 1.91. The third-order valence-electron chi connectivity index (χ3n) is 2.91. The maximum Gasteiger partial charge on any atom is 0.319 e. The third-order valence-corrected chi connectivity index (χ3v) is 2.91. The lowest BCUT2D eigenvalue weighted by Crippen LogP contribution is -2.27. The molecule has 0 fully saturated rings.